The van der Waals surface area contributed by atoms with Crippen molar-refractivity contribution in [3.63, 3.8) is 0 Å². The smallest absolute Gasteiger partial charge is 0.256 e. The standard InChI is InChI=1S/C27H35N5O/c1-18(2)20(4)29-24-8-6-7-21(19(24)3)27(33)30-25-9-10-26(22-11-12-28-17-23(22)25)32-15-13-31(5)14-16-32/h6-12,17-18,20,29H,13-16H2,1-5H3,(H,30,33). The molecule has 1 aromatic heterocycles. The van der Waals surface area contributed by atoms with Crippen LogP contribution in [0.15, 0.2) is 48.8 Å². The third-order valence-corrected chi connectivity index (χ3v) is 6.85. The first-order valence-electron chi connectivity index (χ1n) is 11.8. The zero-order valence-corrected chi connectivity index (χ0v) is 20.4. The Bertz CT molecular complexity index is 1130. The van der Waals surface area contributed by atoms with Gasteiger partial charge in [0.05, 0.1) is 5.69 Å². The molecule has 6 heteroatoms. The topological polar surface area (TPSA) is 60.5 Å². The molecular weight excluding hydrogens is 410 g/mol. The van der Waals surface area contributed by atoms with Gasteiger partial charge in [0.2, 0.25) is 0 Å². The van der Waals surface area contributed by atoms with Gasteiger partial charge in [0.15, 0.2) is 0 Å². The number of likely N-dealkylation sites (N-methyl/N-ethyl adjacent to an activating group) is 1. The van der Waals surface area contributed by atoms with Crippen LogP contribution in [0.2, 0.25) is 0 Å². The van der Waals surface area contributed by atoms with Crippen LogP contribution in [0.1, 0.15) is 36.7 Å². The number of nitrogens with zero attached hydrogens (tertiary/aromatic N) is 3. The number of nitrogens with one attached hydrogen (secondary N) is 2. The summed E-state index contributed by atoms with van der Waals surface area (Å²) in [4.78, 5) is 22.4. The molecule has 2 heterocycles. The van der Waals surface area contributed by atoms with Crippen LogP contribution in [0.4, 0.5) is 17.1 Å². The van der Waals surface area contributed by atoms with Crippen molar-refractivity contribution in [2.75, 3.05) is 48.8 Å². The summed E-state index contributed by atoms with van der Waals surface area (Å²) in [6, 6.07) is 12.4. The molecule has 0 aliphatic carbocycles. The van der Waals surface area contributed by atoms with Gasteiger partial charge in [-0.3, -0.25) is 9.78 Å². The number of fused-ring (bicyclic) bond motifs is 1. The number of carbonyl (C=O) groups is 1. The van der Waals surface area contributed by atoms with Gasteiger partial charge in [0.25, 0.3) is 5.91 Å². The third kappa shape index (κ3) is 4.96. The molecule has 1 atom stereocenters. The van der Waals surface area contributed by atoms with Gasteiger partial charge in [-0.2, -0.15) is 0 Å². The minimum Gasteiger partial charge on any atom is -0.382 e. The summed E-state index contributed by atoms with van der Waals surface area (Å²) in [5, 5.41) is 8.77. The van der Waals surface area contributed by atoms with Crippen molar-refractivity contribution >= 4 is 33.7 Å². The first-order valence-corrected chi connectivity index (χ1v) is 11.8. The summed E-state index contributed by atoms with van der Waals surface area (Å²) in [5.41, 5.74) is 4.62. The van der Waals surface area contributed by atoms with Gasteiger partial charge in [0.1, 0.15) is 0 Å². The molecule has 0 saturated carbocycles. The summed E-state index contributed by atoms with van der Waals surface area (Å²) in [6.45, 7) is 12.6. The number of aromatic nitrogens is 1. The number of pyridine rings is 1. The average Bonchev–Trinajstić information content (AvgIpc) is 2.81. The number of piperazine rings is 1. The fraction of sp³-hybridized carbons (Fsp3) is 0.407. The SMILES string of the molecule is Cc1c(NC(C)C(C)C)cccc1C(=O)Nc1ccc(N2CCN(C)CC2)c2ccncc12. The van der Waals surface area contributed by atoms with Crippen LogP contribution in [0.25, 0.3) is 10.8 Å². The number of anilines is 3. The third-order valence-electron chi connectivity index (χ3n) is 6.85. The van der Waals surface area contributed by atoms with E-state index in [0.717, 1.165) is 53.9 Å². The van der Waals surface area contributed by atoms with Crippen molar-refractivity contribution in [3.8, 4) is 0 Å². The van der Waals surface area contributed by atoms with E-state index in [0.29, 0.717) is 17.5 Å². The Hall–Kier alpha value is -3.12. The normalized spacial score (nSPS) is 15.6. The Morgan fingerprint density at radius 2 is 1.73 bits per heavy atom. The molecule has 1 aliphatic heterocycles. The van der Waals surface area contributed by atoms with E-state index < -0.39 is 0 Å². The maximum Gasteiger partial charge on any atom is 0.256 e. The lowest BCUT2D eigenvalue weighted by atomic mass is 10.0. The molecule has 174 valence electrons. The summed E-state index contributed by atoms with van der Waals surface area (Å²) < 4.78 is 0. The lowest BCUT2D eigenvalue weighted by molar-refractivity contribution is 0.102. The van der Waals surface area contributed by atoms with E-state index in [4.69, 9.17) is 0 Å². The maximum atomic E-state index is 13.3. The molecule has 1 unspecified atom stereocenters. The second-order valence-corrected chi connectivity index (χ2v) is 9.45. The van der Waals surface area contributed by atoms with Crippen molar-refractivity contribution < 1.29 is 4.79 Å². The Morgan fingerprint density at radius 1 is 0.970 bits per heavy atom. The molecule has 4 rings (SSSR count). The number of amides is 1. The second kappa shape index (κ2) is 9.79. The molecule has 0 radical (unpaired) electrons. The summed E-state index contributed by atoms with van der Waals surface area (Å²) in [6.07, 6.45) is 3.67. The molecule has 1 fully saturated rings. The van der Waals surface area contributed by atoms with Gasteiger partial charge in [-0.25, -0.2) is 0 Å². The molecule has 0 bridgehead atoms. The Labute approximate surface area is 197 Å². The fourth-order valence-electron chi connectivity index (χ4n) is 4.25. The molecule has 1 saturated heterocycles. The van der Waals surface area contributed by atoms with E-state index >= 15 is 0 Å². The molecule has 1 amide bonds. The first-order chi connectivity index (χ1) is 15.8. The van der Waals surface area contributed by atoms with Gasteiger partial charge in [-0.15, -0.1) is 0 Å². The van der Waals surface area contributed by atoms with E-state index in [9.17, 15) is 4.79 Å². The number of carbonyl (C=O) groups excluding carboxylic acids is 1. The predicted molar refractivity (Wildman–Crippen MR) is 139 cm³/mol. The molecular formula is C27H35N5O. The maximum absolute atomic E-state index is 13.3. The monoisotopic (exact) mass is 445 g/mol. The van der Waals surface area contributed by atoms with Gasteiger partial charge >= 0.3 is 0 Å². The van der Waals surface area contributed by atoms with Crippen molar-refractivity contribution in [3.05, 3.63) is 59.9 Å². The van der Waals surface area contributed by atoms with Gasteiger partial charge in [-0.1, -0.05) is 19.9 Å². The second-order valence-electron chi connectivity index (χ2n) is 9.45. The average molecular weight is 446 g/mol. The summed E-state index contributed by atoms with van der Waals surface area (Å²) in [7, 11) is 2.16. The minimum atomic E-state index is -0.106. The highest BCUT2D eigenvalue weighted by Crippen LogP contribution is 2.33. The van der Waals surface area contributed by atoms with Crippen LogP contribution in [0, 0.1) is 12.8 Å². The van der Waals surface area contributed by atoms with Crippen molar-refractivity contribution in [1.82, 2.24) is 9.88 Å². The first kappa shape index (κ1) is 23.1. The Morgan fingerprint density at radius 3 is 2.45 bits per heavy atom. The summed E-state index contributed by atoms with van der Waals surface area (Å²) >= 11 is 0. The van der Waals surface area contributed by atoms with E-state index in [1.54, 1.807) is 0 Å². The number of benzene rings is 2. The van der Waals surface area contributed by atoms with Crippen LogP contribution >= 0.6 is 0 Å². The van der Waals surface area contributed by atoms with Gasteiger partial charge in [-0.05, 0) is 62.7 Å². The largest absolute Gasteiger partial charge is 0.382 e. The number of hydrogen-bond donors (Lipinski definition) is 2. The van der Waals surface area contributed by atoms with E-state index in [1.165, 1.54) is 5.69 Å². The van der Waals surface area contributed by atoms with Crippen LogP contribution in [0.5, 0.6) is 0 Å². The van der Waals surface area contributed by atoms with Crippen molar-refractivity contribution in [2.45, 2.75) is 33.7 Å². The fourth-order valence-corrected chi connectivity index (χ4v) is 4.25. The van der Waals surface area contributed by atoms with Crippen molar-refractivity contribution in [2.24, 2.45) is 5.92 Å². The van der Waals surface area contributed by atoms with Crippen LogP contribution in [-0.2, 0) is 0 Å². The highest BCUT2D eigenvalue weighted by Gasteiger charge is 2.19. The van der Waals surface area contributed by atoms with E-state index in [1.807, 2.05) is 49.6 Å². The van der Waals surface area contributed by atoms with Gasteiger partial charge < -0.3 is 20.4 Å². The minimum absolute atomic E-state index is 0.106. The quantitative estimate of drug-likeness (QED) is 0.559. The van der Waals surface area contributed by atoms with Gasteiger partial charge in [0, 0.05) is 72.3 Å². The van der Waals surface area contributed by atoms with Crippen molar-refractivity contribution in [1.29, 1.82) is 0 Å². The molecule has 33 heavy (non-hydrogen) atoms. The van der Waals surface area contributed by atoms with Crippen LogP contribution in [0.3, 0.4) is 0 Å². The molecule has 2 N–H and O–H groups in total. The predicted octanol–water partition coefficient (Wildman–Crippen LogP) is 5.00. The zero-order chi connectivity index (χ0) is 23.5. The Kier molecular flexibility index (Phi) is 6.84. The van der Waals surface area contributed by atoms with Crippen LogP contribution < -0.4 is 15.5 Å². The molecule has 6 nitrogen and oxygen atoms in total. The molecule has 2 aromatic carbocycles. The molecule has 0 spiro atoms. The van der Waals surface area contributed by atoms with Crippen LogP contribution in [-0.4, -0.2) is 55.1 Å². The zero-order valence-electron chi connectivity index (χ0n) is 20.4. The van der Waals surface area contributed by atoms with E-state index in [2.05, 4.69) is 59.3 Å². The van der Waals surface area contributed by atoms with E-state index in [-0.39, 0.29) is 5.91 Å². The summed E-state index contributed by atoms with van der Waals surface area (Å²) in [5.74, 6) is 0.394. The number of rotatable bonds is 6. The lowest BCUT2D eigenvalue weighted by Gasteiger charge is -2.34. The molecule has 1 aliphatic rings. The Balaban J connectivity index is 1.61. The lowest BCUT2D eigenvalue weighted by Crippen LogP contribution is -2.44. The molecule has 3 aromatic rings. The number of hydrogen-bond acceptors (Lipinski definition) is 5. The highest BCUT2D eigenvalue weighted by atomic mass is 16.1. The highest BCUT2D eigenvalue weighted by molar-refractivity contribution is 6.12.